The average Bonchev–Trinajstić information content (AvgIpc) is 2.34. The fraction of sp³-hybridized carbons (Fsp3) is 0.0714. The lowest BCUT2D eigenvalue weighted by Gasteiger charge is -2.05. The lowest BCUT2D eigenvalue weighted by Crippen LogP contribution is -2.07. The molecule has 0 spiro atoms. The van der Waals surface area contributed by atoms with Crippen LogP contribution in [-0.2, 0) is 6.42 Å². The molecule has 0 saturated carbocycles. The smallest absolute Gasteiger partial charge is 0.170 e. The molecule has 98 valence electrons. The van der Waals surface area contributed by atoms with Gasteiger partial charge in [0.1, 0.15) is 17.5 Å². The van der Waals surface area contributed by atoms with Gasteiger partial charge in [-0.1, -0.05) is 23.7 Å². The van der Waals surface area contributed by atoms with E-state index in [-0.39, 0.29) is 22.6 Å². The molecule has 0 heterocycles. The number of hydrogen-bond donors (Lipinski definition) is 0. The third kappa shape index (κ3) is 2.96. The summed E-state index contributed by atoms with van der Waals surface area (Å²) in [5, 5.41) is -0.168. The molecule has 2 aromatic carbocycles. The second-order valence-corrected chi connectivity index (χ2v) is 4.32. The molecule has 0 amide bonds. The molecule has 0 aromatic heterocycles. The van der Waals surface area contributed by atoms with Gasteiger partial charge in [-0.3, -0.25) is 4.79 Å². The quantitative estimate of drug-likeness (QED) is 0.773. The normalized spacial score (nSPS) is 10.5. The largest absolute Gasteiger partial charge is 0.294 e. The van der Waals surface area contributed by atoms with Crippen molar-refractivity contribution in [2.45, 2.75) is 6.42 Å². The van der Waals surface area contributed by atoms with Crippen molar-refractivity contribution in [1.29, 1.82) is 0 Å². The van der Waals surface area contributed by atoms with Crippen molar-refractivity contribution in [1.82, 2.24) is 0 Å². The predicted octanol–water partition coefficient (Wildman–Crippen LogP) is 4.18. The van der Waals surface area contributed by atoms with E-state index in [1.165, 1.54) is 12.1 Å². The maximum absolute atomic E-state index is 13.4. The lowest BCUT2D eigenvalue weighted by molar-refractivity contribution is 0.0989. The first-order valence-electron chi connectivity index (χ1n) is 5.40. The second kappa shape index (κ2) is 5.45. The van der Waals surface area contributed by atoms with Crippen LogP contribution in [0.4, 0.5) is 13.2 Å². The van der Waals surface area contributed by atoms with Crippen molar-refractivity contribution in [3.8, 4) is 0 Å². The van der Waals surface area contributed by atoms with Gasteiger partial charge in [-0.05, 0) is 23.8 Å². The first-order chi connectivity index (χ1) is 8.99. The van der Waals surface area contributed by atoms with Gasteiger partial charge in [-0.25, -0.2) is 13.2 Å². The fourth-order valence-electron chi connectivity index (χ4n) is 1.67. The average molecular weight is 285 g/mol. The summed E-state index contributed by atoms with van der Waals surface area (Å²) in [5.74, 6) is -2.95. The minimum atomic E-state index is -0.947. The highest BCUT2D eigenvalue weighted by Crippen LogP contribution is 2.22. The van der Waals surface area contributed by atoms with E-state index < -0.39 is 23.2 Å². The molecule has 2 rings (SSSR count). The third-order valence-corrected chi connectivity index (χ3v) is 3.04. The Balaban J connectivity index is 2.28. The Morgan fingerprint density at radius 2 is 1.79 bits per heavy atom. The summed E-state index contributed by atoms with van der Waals surface area (Å²) in [7, 11) is 0. The van der Waals surface area contributed by atoms with Gasteiger partial charge in [0.25, 0.3) is 0 Å². The summed E-state index contributed by atoms with van der Waals surface area (Å²) < 4.78 is 39.3. The maximum Gasteiger partial charge on any atom is 0.170 e. The van der Waals surface area contributed by atoms with E-state index in [0.717, 1.165) is 18.2 Å². The first kappa shape index (κ1) is 13.6. The Morgan fingerprint density at radius 3 is 2.47 bits per heavy atom. The maximum atomic E-state index is 13.4. The van der Waals surface area contributed by atoms with Gasteiger partial charge in [-0.2, -0.15) is 0 Å². The van der Waals surface area contributed by atoms with Crippen LogP contribution in [0.25, 0.3) is 0 Å². The molecule has 0 N–H and O–H groups in total. The zero-order valence-corrected chi connectivity index (χ0v) is 10.3. The van der Waals surface area contributed by atoms with E-state index in [9.17, 15) is 18.0 Å². The number of carbonyl (C=O) groups is 1. The van der Waals surface area contributed by atoms with Gasteiger partial charge in [0.05, 0.1) is 10.6 Å². The predicted molar refractivity (Wildman–Crippen MR) is 65.8 cm³/mol. The van der Waals surface area contributed by atoms with Gasteiger partial charge in [0, 0.05) is 12.5 Å². The van der Waals surface area contributed by atoms with E-state index in [1.807, 2.05) is 0 Å². The van der Waals surface area contributed by atoms with Crippen molar-refractivity contribution in [3.05, 3.63) is 70.0 Å². The van der Waals surface area contributed by atoms with E-state index >= 15 is 0 Å². The van der Waals surface area contributed by atoms with Crippen molar-refractivity contribution in [2.24, 2.45) is 0 Å². The van der Waals surface area contributed by atoms with Crippen LogP contribution in [0, 0.1) is 17.5 Å². The molecular formula is C14H8ClF3O. The standard InChI is InChI=1S/C14H8ClF3O/c15-14-8(2-1-3-11(14)17)6-13(19)10-5-4-9(16)7-12(10)18/h1-5,7H,6H2. The molecule has 0 atom stereocenters. The zero-order chi connectivity index (χ0) is 14.0. The Kier molecular flexibility index (Phi) is 3.90. The number of carbonyl (C=O) groups excluding carboxylic acids is 1. The van der Waals surface area contributed by atoms with Gasteiger partial charge in [-0.15, -0.1) is 0 Å². The molecule has 0 fully saturated rings. The number of benzene rings is 2. The van der Waals surface area contributed by atoms with Crippen LogP contribution in [0.2, 0.25) is 5.02 Å². The van der Waals surface area contributed by atoms with Gasteiger partial charge in [0.2, 0.25) is 0 Å². The van der Waals surface area contributed by atoms with E-state index in [0.29, 0.717) is 6.07 Å². The number of hydrogen-bond acceptors (Lipinski definition) is 1. The van der Waals surface area contributed by atoms with E-state index in [2.05, 4.69) is 0 Å². The summed E-state index contributed by atoms with van der Waals surface area (Å²) in [5.41, 5.74) is 0.0112. The Bertz CT molecular complexity index is 641. The Labute approximate surface area is 112 Å². The van der Waals surface area contributed by atoms with E-state index in [1.54, 1.807) is 0 Å². The summed E-state index contributed by atoms with van der Waals surface area (Å²) in [6.45, 7) is 0. The van der Waals surface area contributed by atoms with Crippen LogP contribution in [0.15, 0.2) is 36.4 Å². The summed E-state index contributed by atoms with van der Waals surface area (Å²) in [4.78, 5) is 11.9. The van der Waals surface area contributed by atoms with Crippen LogP contribution in [0.5, 0.6) is 0 Å². The van der Waals surface area contributed by atoms with Crippen molar-refractivity contribution in [3.63, 3.8) is 0 Å². The monoisotopic (exact) mass is 284 g/mol. The molecule has 0 saturated heterocycles. The van der Waals surface area contributed by atoms with Crippen LogP contribution >= 0.6 is 11.6 Å². The lowest BCUT2D eigenvalue weighted by atomic mass is 10.0. The minimum absolute atomic E-state index is 0.168. The molecule has 2 aromatic rings. The van der Waals surface area contributed by atoms with Crippen molar-refractivity contribution < 1.29 is 18.0 Å². The SMILES string of the molecule is O=C(Cc1cccc(F)c1Cl)c1ccc(F)cc1F. The van der Waals surface area contributed by atoms with Gasteiger partial charge in [0.15, 0.2) is 5.78 Å². The molecule has 19 heavy (non-hydrogen) atoms. The Hall–Kier alpha value is -1.81. The summed E-state index contributed by atoms with van der Waals surface area (Å²) in [6, 6.07) is 6.72. The van der Waals surface area contributed by atoms with Crippen LogP contribution in [0.3, 0.4) is 0 Å². The van der Waals surface area contributed by atoms with Gasteiger partial charge < -0.3 is 0 Å². The topological polar surface area (TPSA) is 17.1 Å². The molecule has 0 unspecified atom stereocenters. The third-order valence-electron chi connectivity index (χ3n) is 2.61. The highest BCUT2D eigenvalue weighted by Gasteiger charge is 2.15. The van der Waals surface area contributed by atoms with Crippen LogP contribution in [-0.4, -0.2) is 5.78 Å². The van der Waals surface area contributed by atoms with Crippen molar-refractivity contribution >= 4 is 17.4 Å². The molecule has 0 bridgehead atoms. The molecule has 0 aliphatic heterocycles. The molecule has 1 nitrogen and oxygen atoms in total. The molecule has 0 radical (unpaired) electrons. The number of halogens is 4. The fourth-order valence-corrected chi connectivity index (χ4v) is 1.86. The molecule has 0 aliphatic rings. The summed E-state index contributed by atoms with van der Waals surface area (Å²) in [6.07, 6.45) is -0.251. The number of rotatable bonds is 3. The van der Waals surface area contributed by atoms with Crippen LogP contribution < -0.4 is 0 Å². The molecule has 0 aliphatic carbocycles. The molecular weight excluding hydrogens is 277 g/mol. The van der Waals surface area contributed by atoms with Crippen LogP contribution in [0.1, 0.15) is 15.9 Å². The number of ketones is 1. The highest BCUT2D eigenvalue weighted by atomic mass is 35.5. The van der Waals surface area contributed by atoms with Gasteiger partial charge >= 0.3 is 0 Å². The molecule has 5 heteroatoms. The Morgan fingerprint density at radius 1 is 1.05 bits per heavy atom. The zero-order valence-electron chi connectivity index (χ0n) is 9.59. The highest BCUT2D eigenvalue weighted by molar-refractivity contribution is 6.31. The minimum Gasteiger partial charge on any atom is -0.294 e. The first-order valence-corrected chi connectivity index (χ1v) is 5.78. The van der Waals surface area contributed by atoms with Crippen molar-refractivity contribution in [2.75, 3.05) is 0 Å². The summed E-state index contributed by atoms with van der Waals surface area (Å²) >= 11 is 5.71. The van der Waals surface area contributed by atoms with E-state index in [4.69, 9.17) is 11.6 Å². The second-order valence-electron chi connectivity index (χ2n) is 3.94. The number of Topliss-reactive ketones (excluding diaryl/α,β-unsaturated/α-hetero) is 1.